The van der Waals surface area contributed by atoms with Crippen LogP contribution >= 0.6 is 15.9 Å². The summed E-state index contributed by atoms with van der Waals surface area (Å²) in [5, 5.41) is 12.0. The van der Waals surface area contributed by atoms with Gasteiger partial charge < -0.3 is 9.73 Å². The van der Waals surface area contributed by atoms with E-state index in [0.717, 1.165) is 15.9 Å². The van der Waals surface area contributed by atoms with E-state index < -0.39 is 23.5 Å². The number of aromatic amines is 1. The SMILES string of the molecule is Cc1nn(Cc2ccc(C(=O)Nc3c(C(F)(F)F)n[nH]c3C)o2)c(C)c1Br. The van der Waals surface area contributed by atoms with Crippen molar-refractivity contribution in [1.82, 2.24) is 20.0 Å². The second kappa shape index (κ2) is 6.87. The highest BCUT2D eigenvalue weighted by atomic mass is 79.9. The van der Waals surface area contributed by atoms with E-state index in [2.05, 4.69) is 36.5 Å². The van der Waals surface area contributed by atoms with Gasteiger partial charge in [0.25, 0.3) is 5.91 Å². The van der Waals surface area contributed by atoms with E-state index in [-0.39, 0.29) is 18.0 Å². The number of halogens is 4. The Bertz CT molecular complexity index is 1000. The number of aromatic nitrogens is 4. The molecule has 0 radical (unpaired) electrons. The summed E-state index contributed by atoms with van der Waals surface area (Å²) in [6, 6.07) is 2.97. The van der Waals surface area contributed by atoms with Crippen LogP contribution in [0.1, 0.15) is 39.1 Å². The van der Waals surface area contributed by atoms with E-state index in [1.807, 2.05) is 13.8 Å². The molecule has 2 N–H and O–H groups in total. The van der Waals surface area contributed by atoms with E-state index in [1.54, 1.807) is 10.7 Å². The molecule has 0 fully saturated rings. The number of anilines is 1. The first-order chi connectivity index (χ1) is 12.6. The molecule has 3 aromatic heterocycles. The monoisotopic (exact) mass is 445 g/mol. The van der Waals surface area contributed by atoms with Crippen LogP contribution in [0.15, 0.2) is 21.0 Å². The van der Waals surface area contributed by atoms with Gasteiger partial charge in [0.2, 0.25) is 0 Å². The lowest BCUT2D eigenvalue weighted by Crippen LogP contribution is -2.16. The number of rotatable bonds is 4. The quantitative estimate of drug-likeness (QED) is 0.629. The molecule has 11 heteroatoms. The van der Waals surface area contributed by atoms with Crippen LogP contribution in [0.5, 0.6) is 0 Å². The fourth-order valence-electron chi connectivity index (χ4n) is 2.52. The van der Waals surface area contributed by atoms with Gasteiger partial charge in [-0.3, -0.25) is 14.6 Å². The minimum absolute atomic E-state index is 0.0925. The lowest BCUT2D eigenvalue weighted by molar-refractivity contribution is -0.140. The number of carbonyl (C=O) groups excluding carboxylic acids is 1. The van der Waals surface area contributed by atoms with Crippen molar-refractivity contribution in [2.75, 3.05) is 5.32 Å². The third kappa shape index (κ3) is 3.77. The molecule has 0 unspecified atom stereocenters. The molecule has 0 aliphatic carbocycles. The number of nitrogens with zero attached hydrogens (tertiary/aromatic N) is 3. The molecule has 144 valence electrons. The highest BCUT2D eigenvalue weighted by Crippen LogP contribution is 2.34. The van der Waals surface area contributed by atoms with Crippen LogP contribution in [0.3, 0.4) is 0 Å². The molecule has 7 nitrogen and oxygen atoms in total. The second-order valence-electron chi connectivity index (χ2n) is 5.93. The molecule has 0 spiro atoms. The van der Waals surface area contributed by atoms with Gasteiger partial charge in [-0.05, 0) is 48.8 Å². The van der Waals surface area contributed by atoms with Gasteiger partial charge in [-0.2, -0.15) is 23.4 Å². The first-order valence-corrected chi connectivity index (χ1v) is 8.59. The van der Waals surface area contributed by atoms with Gasteiger partial charge in [0, 0.05) is 0 Å². The van der Waals surface area contributed by atoms with Crippen LogP contribution < -0.4 is 5.32 Å². The number of hydrogen-bond donors (Lipinski definition) is 2. The fourth-order valence-corrected chi connectivity index (χ4v) is 2.81. The van der Waals surface area contributed by atoms with Crippen LogP contribution in [0.25, 0.3) is 0 Å². The van der Waals surface area contributed by atoms with Gasteiger partial charge in [0.15, 0.2) is 11.5 Å². The normalized spacial score (nSPS) is 11.8. The minimum atomic E-state index is -4.69. The maximum atomic E-state index is 13.0. The molecule has 0 saturated heterocycles. The molecule has 1 amide bonds. The van der Waals surface area contributed by atoms with Gasteiger partial charge in [0.1, 0.15) is 5.76 Å². The van der Waals surface area contributed by atoms with Gasteiger partial charge in [-0.1, -0.05) is 0 Å². The van der Waals surface area contributed by atoms with Crippen molar-refractivity contribution < 1.29 is 22.4 Å². The number of furan rings is 1. The summed E-state index contributed by atoms with van der Waals surface area (Å²) in [5.41, 5.74) is 0.182. The number of alkyl halides is 3. The van der Waals surface area contributed by atoms with E-state index in [9.17, 15) is 18.0 Å². The molecule has 0 saturated carbocycles. The summed E-state index contributed by atoms with van der Waals surface area (Å²) in [5.74, 6) is -0.469. The van der Waals surface area contributed by atoms with Gasteiger partial charge in [-0.25, -0.2) is 0 Å². The smallest absolute Gasteiger partial charge is 0.437 e. The highest BCUT2D eigenvalue weighted by molar-refractivity contribution is 9.10. The Labute approximate surface area is 160 Å². The Hall–Kier alpha value is -2.56. The lowest BCUT2D eigenvalue weighted by atomic mass is 10.2. The van der Waals surface area contributed by atoms with E-state index in [1.165, 1.54) is 13.0 Å². The minimum Gasteiger partial charge on any atom is -0.454 e. The molecular weight excluding hydrogens is 431 g/mol. The summed E-state index contributed by atoms with van der Waals surface area (Å²) >= 11 is 3.43. The molecule has 0 aromatic carbocycles. The number of aryl methyl sites for hydroxylation is 2. The zero-order chi connectivity index (χ0) is 19.9. The zero-order valence-corrected chi connectivity index (χ0v) is 16.1. The van der Waals surface area contributed by atoms with Crippen molar-refractivity contribution in [2.45, 2.75) is 33.5 Å². The molecule has 3 rings (SSSR count). The summed E-state index contributed by atoms with van der Waals surface area (Å²) in [6.45, 7) is 5.39. The third-order valence-electron chi connectivity index (χ3n) is 3.94. The van der Waals surface area contributed by atoms with Crippen molar-refractivity contribution in [1.29, 1.82) is 0 Å². The summed E-state index contributed by atoms with van der Waals surface area (Å²) in [6.07, 6.45) is -4.69. The van der Waals surface area contributed by atoms with Crippen LogP contribution in [-0.4, -0.2) is 25.9 Å². The van der Waals surface area contributed by atoms with Crippen LogP contribution in [0, 0.1) is 20.8 Å². The van der Waals surface area contributed by atoms with Gasteiger partial charge >= 0.3 is 6.18 Å². The first kappa shape index (κ1) is 19.2. The molecule has 3 aromatic rings. The average Bonchev–Trinajstić information content (AvgIpc) is 3.25. The van der Waals surface area contributed by atoms with Crippen molar-refractivity contribution in [3.05, 3.63) is 50.9 Å². The fraction of sp³-hybridized carbons (Fsp3) is 0.312. The van der Waals surface area contributed by atoms with Crippen molar-refractivity contribution in [3.8, 4) is 0 Å². The predicted molar refractivity (Wildman–Crippen MR) is 93.5 cm³/mol. The maximum absolute atomic E-state index is 13.0. The first-order valence-electron chi connectivity index (χ1n) is 7.79. The lowest BCUT2D eigenvalue weighted by Gasteiger charge is -2.08. The Morgan fingerprint density at radius 1 is 1.33 bits per heavy atom. The zero-order valence-electron chi connectivity index (χ0n) is 14.5. The number of nitrogens with one attached hydrogen (secondary N) is 2. The van der Waals surface area contributed by atoms with Crippen molar-refractivity contribution in [2.24, 2.45) is 0 Å². The topological polar surface area (TPSA) is 88.7 Å². The van der Waals surface area contributed by atoms with E-state index in [0.29, 0.717) is 5.76 Å². The Balaban J connectivity index is 1.78. The number of hydrogen-bond acceptors (Lipinski definition) is 4. The Kier molecular flexibility index (Phi) is 4.89. The summed E-state index contributed by atoms with van der Waals surface area (Å²) < 4.78 is 46.9. The molecule has 0 bridgehead atoms. The Morgan fingerprint density at radius 3 is 2.63 bits per heavy atom. The van der Waals surface area contributed by atoms with Crippen molar-refractivity contribution >= 4 is 27.5 Å². The third-order valence-corrected chi connectivity index (χ3v) is 5.09. The summed E-state index contributed by atoms with van der Waals surface area (Å²) in [4.78, 5) is 12.3. The van der Waals surface area contributed by atoms with E-state index >= 15 is 0 Å². The highest BCUT2D eigenvalue weighted by Gasteiger charge is 2.38. The van der Waals surface area contributed by atoms with Crippen LogP contribution in [0.2, 0.25) is 0 Å². The molecule has 27 heavy (non-hydrogen) atoms. The largest absolute Gasteiger partial charge is 0.454 e. The molecule has 0 aliphatic rings. The molecular formula is C16H15BrF3N5O2. The van der Waals surface area contributed by atoms with Gasteiger partial charge in [-0.15, -0.1) is 0 Å². The number of H-pyrrole nitrogens is 1. The van der Waals surface area contributed by atoms with E-state index in [4.69, 9.17) is 4.42 Å². The molecule has 0 aliphatic heterocycles. The van der Waals surface area contributed by atoms with Gasteiger partial charge in [0.05, 0.1) is 33.8 Å². The second-order valence-corrected chi connectivity index (χ2v) is 6.73. The van der Waals surface area contributed by atoms with Crippen LogP contribution in [-0.2, 0) is 12.7 Å². The molecule has 3 heterocycles. The van der Waals surface area contributed by atoms with Crippen molar-refractivity contribution in [3.63, 3.8) is 0 Å². The number of amides is 1. The number of carbonyl (C=O) groups is 1. The van der Waals surface area contributed by atoms with Crippen LogP contribution in [0.4, 0.5) is 18.9 Å². The summed E-state index contributed by atoms with van der Waals surface area (Å²) in [7, 11) is 0. The average molecular weight is 446 g/mol. The predicted octanol–water partition coefficient (Wildman–Crippen LogP) is 4.21. The Morgan fingerprint density at radius 2 is 2.04 bits per heavy atom. The molecule has 0 atom stereocenters. The standard InChI is InChI=1S/C16H15BrF3N5O2/c1-7-12(17)9(3)25(24-7)6-10-4-5-11(27-10)15(26)21-13-8(2)22-23-14(13)16(18,19)20/h4-5H,6H2,1-3H3,(H,21,26)(H,22,23). The maximum Gasteiger partial charge on any atom is 0.437 e.